The summed E-state index contributed by atoms with van der Waals surface area (Å²) < 4.78 is 35.8. The molecule has 198 valence electrons. The van der Waals surface area contributed by atoms with Crippen LogP contribution < -0.4 is 9.46 Å². The minimum Gasteiger partial charge on any atom is -0.470 e. The van der Waals surface area contributed by atoms with Gasteiger partial charge >= 0.3 is 0 Å². The van der Waals surface area contributed by atoms with Crippen molar-refractivity contribution in [3.63, 3.8) is 0 Å². The molecule has 0 spiro atoms. The number of amides is 1. The maximum Gasteiger partial charge on any atom is 0.267 e. The fraction of sp³-hybridized carbons (Fsp3) is 0.462. The Hall–Kier alpha value is -3.47. The topological polar surface area (TPSA) is 119 Å². The van der Waals surface area contributed by atoms with Crippen LogP contribution in [-0.4, -0.2) is 58.2 Å². The zero-order valence-corrected chi connectivity index (χ0v) is 22.7. The number of hydrogen-bond donors (Lipinski definition) is 1. The fourth-order valence-corrected chi connectivity index (χ4v) is 5.23. The lowest BCUT2D eigenvalue weighted by atomic mass is 10.00. The van der Waals surface area contributed by atoms with Gasteiger partial charge in [0.1, 0.15) is 11.0 Å². The Balaban J connectivity index is 1.54. The summed E-state index contributed by atoms with van der Waals surface area (Å²) in [6.45, 7) is 9.19. The summed E-state index contributed by atoms with van der Waals surface area (Å²) in [4.78, 5) is 23.1. The van der Waals surface area contributed by atoms with Crippen molar-refractivity contribution in [2.45, 2.75) is 58.0 Å². The number of aryl methyl sites for hydroxylation is 3. The van der Waals surface area contributed by atoms with E-state index < -0.39 is 10.0 Å². The Bertz CT molecular complexity index is 1360. The van der Waals surface area contributed by atoms with Gasteiger partial charge in [0, 0.05) is 31.3 Å². The second-order valence-corrected chi connectivity index (χ2v) is 11.6. The highest BCUT2D eigenvalue weighted by molar-refractivity contribution is 7.92. The second kappa shape index (κ2) is 10.9. The van der Waals surface area contributed by atoms with Crippen LogP contribution in [0.4, 0.5) is 5.95 Å². The second-order valence-electron chi connectivity index (χ2n) is 9.96. The van der Waals surface area contributed by atoms with Crippen molar-refractivity contribution < 1.29 is 17.9 Å². The Kier molecular flexibility index (Phi) is 7.82. The maximum absolute atomic E-state index is 12.9. The number of nitrogens with zero attached hydrogens (tertiary/aromatic N) is 5. The van der Waals surface area contributed by atoms with E-state index in [1.807, 2.05) is 32.0 Å². The van der Waals surface area contributed by atoms with Gasteiger partial charge in [0.05, 0.1) is 25.0 Å². The predicted molar refractivity (Wildman–Crippen MR) is 141 cm³/mol. The normalized spacial score (nSPS) is 14.1. The number of ether oxygens (including phenoxy) is 1. The van der Waals surface area contributed by atoms with Crippen LogP contribution >= 0.6 is 0 Å². The lowest BCUT2D eigenvalue weighted by Crippen LogP contribution is -2.56. The van der Waals surface area contributed by atoms with Crippen molar-refractivity contribution in [3.8, 4) is 17.1 Å². The fourth-order valence-electron chi connectivity index (χ4n) is 4.30. The van der Waals surface area contributed by atoms with E-state index in [9.17, 15) is 13.2 Å². The molecule has 37 heavy (non-hydrogen) atoms. The summed E-state index contributed by atoms with van der Waals surface area (Å²) in [5, 5.41) is 3.94. The minimum atomic E-state index is -3.95. The first kappa shape index (κ1) is 26.6. The quantitative estimate of drug-likeness (QED) is 0.428. The summed E-state index contributed by atoms with van der Waals surface area (Å²) >= 11 is 0. The van der Waals surface area contributed by atoms with Gasteiger partial charge in [-0.2, -0.15) is 10.1 Å². The van der Waals surface area contributed by atoms with Gasteiger partial charge in [0.2, 0.25) is 17.7 Å². The van der Waals surface area contributed by atoms with Gasteiger partial charge < -0.3 is 9.64 Å². The number of benzene rings is 1. The first-order valence-electron chi connectivity index (χ1n) is 12.4. The van der Waals surface area contributed by atoms with E-state index in [0.29, 0.717) is 31.1 Å². The molecule has 0 atom stereocenters. The molecule has 1 aromatic carbocycles. The molecule has 1 N–H and O–H groups in total. The highest BCUT2D eigenvalue weighted by Crippen LogP contribution is 2.30. The number of hydrogen-bond acceptors (Lipinski definition) is 7. The monoisotopic (exact) mass is 526 g/mol. The largest absolute Gasteiger partial charge is 0.470 e. The minimum absolute atomic E-state index is 0.00385. The Morgan fingerprint density at radius 2 is 1.89 bits per heavy atom. The summed E-state index contributed by atoms with van der Waals surface area (Å²) in [7, 11) is -2.31. The van der Waals surface area contributed by atoms with Crippen molar-refractivity contribution in [1.82, 2.24) is 24.6 Å². The third kappa shape index (κ3) is 6.46. The number of anilines is 1. The molecule has 10 nitrogen and oxygen atoms in total. The molecule has 0 saturated carbocycles. The molecule has 0 radical (unpaired) electrons. The summed E-state index contributed by atoms with van der Waals surface area (Å²) in [6.07, 6.45) is 4.88. The standard InChI is InChI=1S/C26H34N6O4S/c1-17(2)8-6-11-24(33)32-14-20(15-32)36-23-12-22(25-18(3)9-7-10-19(25)4)28-26(29-23)30-37(34,35)21-13-27-31(5)16-21/h7,9-10,12-13,16-17,20H,6,8,11,14-15H2,1-5H3,(H,28,29,30). The zero-order chi connectivity index (χ0) is 26.7. The molecular weight excluding hydrogens is 492 g/mol. The van der Waals surface area contributed by atoms with Crippen LogP contribution in [0.3, 0.4) is 0 Å². The van der Waals surface area contributed by atoms with E-state index in [0.717, 1.165) is 29.5 Å². The van der Waals surface area contributed by atoms with Crippen LogP contribution in [0.2, 0.25) is 0 Å². The molecule has 2 aromatic heterocycles. The van der Waals surface area contributed by atoms with E-state index in [1.54, 1.807) is 18.0 Å². The van der Waals surface area contributed by atoms with Crippen LogP contribution in [0.15, 0.2) is 41.6 Å². The van der Waals surface area contributed by atoms with Gasteiger partial charge in [0.15, 0.2) is 0 Å². The molecule has 11 heteroatoms. The molecule has 4 rings (SSSR count). The van der Waals surface area contributed by atoms with Gasteiger partial charge in [-0.25, -0.2) is 18.1 Å². The van der Waals surface area contributed by atoms with Crippen molar-refractivity contribution in [2.24, 2.45) is 13.0 Å². The highest BCUT2D eigenvalue weighted by Gasteiger charge is 2.32. The highest BCUT2D eigenvalue weighted by atomic mass is 32.2. The van der Waals surface area contributed by atoms with Gasteiger partial charge in [-0.05, 0) is 37.3 Å². The maximum atomic E-state index is 12.9. The smallest absolute Gasteiger partial charge is 0.267 e. The summed E-state index contributed by atoms with van der Waals surface area (Å²) in [5.41, 5.74) is 3.41. The van der Waals surface area contributed by atoms with Crippen molar-refractivity contribution >= 4 is 21.9 Å². The molecule has 1 amide bonds. The first-order chi connectivity index (χ1) is 17.5. The van der Waals surface area contributed by atoms with E-state index in [2.05, 4.69) is 33.6 Å². The molecule has 1 aliphatic rings. The number of carbonyl (C=O) groups is 1. The molecule has 1 aliphatic heterocycles. The average molecular weight is 527 g/mol. The molecule has 3 heterocycles. The van der Waals surface area contributed by atoms with Gasteiger partial charge in [-0.3, -0.25) is 9.48 Å². The van der Waals surface area contributed by atoms with Crippen molar-refractivity contribution in [1.29, 1.82) is 0 Å². The molecule has 1 saturated heterocycles. The molecule has 0 aliphatic carbocycles. The van der Waals surface area contributed by atoms with E-state index in [4.69, 9.17) is 4.74 Å². The first-order valence-corrected chi connectivity index (χ1v) is 13.9. The number of aromatic nitrogens is 4. The Morgan fingerprint density at radius 1 is 1.19 bits per heavy atom. The van der Waals surface area contributed by atoms with Crippen LogP contribution in [0.25, 0.3) is 11.3 Å². The van der Waals surface area contributed by atoms with Crippen LogP contribution in [0.1, 0.15) is 44.2 Å². The van der Waals surface area contributed by atoms with E-state index >= 15 is 0 Å². The molecule has 0 bridgehead atoms. The van der Waals surface area contributed by atoms with Gasteiger partial charge in [-0.15, -0.1) is 0 Å². The van der Waals surface area contributed by atoms with Crippen LogP contribution in [0, 0.1) is 19.8 Å². The Labute approximate surface area is 218 Å². The molecular formula is C26H34N6O4S. The lowest BCUT2D eigenvalue weighted by Gasteiger charge is -2.38. The number of likely N-dealkylation sites (tertiary alicyclic amines) is 1. The third-order valence-electron chi connectivity index (χ3n) is 6.32. The number of sulfonamides is 1. The number of carbonyl (C=O) groups excluding carboxylic acids is 1. The third-order valence-corrected chi connectivity index (χ3v) is 7.60. The van der Waals surface area contributed by atoms with E-state index in [1.165, 1.54) is 17.1 Å². The van der Waals surface area contributed by atoms with Crippen molar-refractivity contribution in [2.75, 3.05) is 17.8 Å². The van der Waals surface area contributed by atoms with Gasteiger partial charge in [0.25, 0.3) is 10.0 Å². The summed E-state index contributed by atoms with van der Waals surface area (Å²) in [5.74, 6) is 0.853. The SMILES string of the molecule is Cc1cccc(C)c1-c1cc(OC2CN(C(=O)CCCC(C)C)C2)nc(NS(=O)(=O)c2cnn(C)c2)n1. The van der Waals surface area contributed by atoms with Crippen LogP contribution in [-0.2, 0) is 21.9 Å². The molecule has 0 unspecified atom stereocenters. The van der Waals surface area contributed by atoms with Gasteiger partial charge in [-0.1, -0.05) is 38.5 Å². The molecule has 3 aromatic rings. The summed E-state index contributed by atoms with van der Waals surface area (Å²) in [6, 6.07) is 7.61. The number of rotatable bonds is 10. The molecule has 1 fully saturated rings. The van der Waals surface area contributed by atoms with E-state index in [-0.39, 0.29) is 28.7 Å². The number of nitrogens with one attached hydrogen (secondary N) is 1. The average Bonchev–Trinajstić information content (AvgIpc) is 3.22. The lowest BCUT2D eigenvalue weighted by molar-refractivity contribution is -0.140. The Morgan fingerprint density at radius 3 is 2.51 bits per heavy atom. The predicted octanol–water partition coefficient (Wildman–Crippen LogP) is 3.71. The van der Waals surface area contributed by atoms with Crippen LogP contribution in [0.5, 0.6) is 5.88 Å². The van der Waals surface area contributed by atoms with Crippen molar-refractivity contribution in [3.05, 3.63) is 47.8 Å². The zero-order valence-electron chi connectivity index (χ0n) is 21.9.